The number of alkyl halides is 1. The van der Waals surface area contributed by atoms with Crippen LogP contribution in [-0.4, -0.2) is 26.3 Å². The summed E-state index contributed by atoms with van der Waals surface area (Å²) in [5, 5.41) is 0. The number of hydrogen-bond acceptors (Lipinski definition) is 3. The monoisotopic (exact) mass is 530 g/mol. The topological polar surface area (TPSA) is 27.7 Å². The van der Waals surface area contributed by atoms with Crippen LogP contribution in [0.15, 0.2) is 36.4 Å². The van der Waals surface area contributed by atoms with E-state index in [9.17, 15) is 13.2 Å². The van der Waals surface area contributed by atoms with Gasteiger partial charge in [0, 0.05) is 32.1 Å². The molecule has 0 saturated heterocycles. The van der Waals surface area contributed by atoms with Gasteiger partial charge in [-0.15, -0.1) is 0 Å². The van der Waals surface area contributed by atoms with Gasteiger partial charge < -0.3 is 14.2 Å². The Morgan fingerprint density at radius 3 is 1.97 bits per heavy atom. The summed E-state index contributed by atoms with van der Waals surface area (Å²) in [5.74, 6) is -10.1. The van der Waals surface area contributed by atoms with Crippen LogP contribution < -0.4 is 0 Å². The van der Waals surface area contributed by atoms with Crippen LogP contribution in [0, 0.1) is 29.2 Å². The van der Waals surface area contributed by atoms with Crippen molar-refractivity contribution in [3.63, 3.8) is 0 Å². The third kappa shape index (κ3) is 7.52. The van der Waals surface area contributed by atoms with Gasteiger partial charge in [-0.2, -0.15) is 0 Å². The van der Waals surface area contributed by atoms with E-state index in [0.29, 0.717) is 18.9 Å². The van der Waals surface area contributed by atoms with E-state index in [2.05, 4.69) is 6.92 Å². The Labute approximate surface area is 217 Å². The minimum Gasteiger partial charge on any atom is -0.331 e. The van der Waals surface area contributed by atoms with Gasteiger partial charge >= 0.3 is 0 Å². The fourth-order valence-corrected chi connectivity index (χ4v) is 4.80. The molecule has 0 aromatic heterocycles. The molecule has 2 aromatic rings. The van der Waals surface area contributed by atoms with E-state index in [1.807, 2.05) is 0 Å². The summed E-state index contributed by atoms with van der Waals surface area (Å²) < 4.78 is 91.9. The summed E-state index contributed by atoms with van der Waals surface area (Å²) in [6, 6.07) is 7.87. The highest BCUT2D eigenvalue weighted by molar-refractivity contribution is 5.38. The van der Waals surface area contributed by atoms with Gasteiger partial charge in [-0.3, -0.25) is 0 Å². The fraction of sp³-hybridized carbons (Fsp3) is 0.586. The molecule has 0 radical (unpaired) electrons. The predicted molar refractivity (Wildman–Crippen MR) is 134 cm³/mol. The molecule has 2 atom stereocenters. The summed E-state index contributed by atoms with van der Waals surface area (Å²) in [5.41, 5.74) is -3.73. The molecule has 0 spiro atoms. The van der Waals surface area contributed by atoms with Gasteiger partial charge in [-0.25, -0.2) is 22.0 Å². The summed E-state index contributed by atoms with van der Waals surface area (Å²) >= 11 is 0. The summed E-state index contributed by atoms with van der Waals surface area (Å²) in [7, 11) is 2.72. The van der Waals surface area contributed by atoms with Crippen LogP contribution in [0.25, 0.3) is 0 Å². The highest BCUT2D eigenvalue weighted by Crippen LogP contribution is 2.46. The quantitative estimate of drug-likeness (QED) is 0.0715. The van der Waals surface area contributed by atoms with Crippen molar-refractivity contribution < 1.29 is 36.2 Å². The van der Waals surface area contributed by atoms with Gasteiger partial charge in [0.1, 0.15) is 0 Å². The van der Waals surface area contributed by atoms with Gasteiger partial charge in [-0.1, -0.05) is 75.8 Å². The highest BCUT2D eigenvalue weighted by Gasteiger charge is 2.49. The summed E-state index contributed by atoms with van der Waals surface area (Å²) in [4.78, 5) is 0. The summed E-state index contributed by atoms with van der Waals surface area (Å²) in [6.07, 6.45) is 5.29. The lowest BCUT2D eigenvalue weighted by atomic mass is 9.77. The van der Waals surface area contributed by atoms with E-state index in [4.69, 9.17) is 14.2 Å². The first-order valence-electron chi connectivity index (χ1n) is 12.9. The average molecular weight is 531 g/mol. The minimum absolute atomic E-state index is 0.0436. The number of hydrogen-bond donors (Lipinski definition) is 0. The molecule has 37 heavy (non-hydrogen) atoms. The van der Waals surface area contributed by atoms with Gasteiger partial charge in [0.15, 0.2) is 28.9 Å². The molecule has 0 aliphatic carbocycles. The Morgan fingerprint density at radius 2 is 1.41 bits per heavy atom. The molecule has 208 valence electrons. The molecule has 2 rings (SSSR count). The van der Waals surface area contributed by atoms with E-state index in [0.717, 1.165) is 32.1 Å². The minimum atomic E-state index is -2.75. The van der Waals surface area contributed by atoms with E-state index >= 15 is 8.78 Å². The van der Waals surface area contributed by atoms with Gasteiger partial charge in [0.05, 0.1) is 6.10 Å². The van der Waals surface area contributed by atoms with E-state index in [1.54, 1.807) is 19.9 Å². The lowest BCUT2D eigenvalue weighted by Crippen LogP contribution is -2.48. The van der Waals surface area contributed by atoms with Crippen molar-refractivity contribution >= 4 is 0 Å². The van der Waals surface area contributed by atoms with Crippen molar-refractivity contribution in [3.05, 3.63) is 70.8 Å². The lowest BCUT2D eigenvalue weighted by Gasteiger charge is -2.42. The fourth-order valence-electron chi connectivity index (χ4n) is 4.80. The Hall–Kier alpha value is -2.03. The van der Waals surface area contributed by atoms with Gasteiger partial charge in [0.25, 0.3) is 5.97 Å². The molecular formula is C29H39F5O3. The average Bonchev–Trinajstić information content (AvgIpc) is 2.89. The zero-order chi connectivity index (χ0) is 27.6. The molecule has 0 heterocycles. The second-order valence-electron chi connectivity index (χ2n) is 9.65. The predicted octanol–water partition coefficient (Wildman–Crippen LogP) is 8.58. The molecule has 0 aliphatic heterocycles. The van der Waals surface area contributed by atoms with Crippen LogP contribution in [0.5, 0.6) is 0 Å². The Kier molecular flexibility index (Phi) is 12.0. The largest absolute Gasteiger partial charge is 0.331 e. The zero-order valence-electron chi connectivity index (χ0n) is 22.4. The zero-order valence-corrected chi connectivity index (χ0v) is 22.4. The van der Waals surface area contributed by atoms with E-state index in [-0.39, 0.29) is 11.7 Å². The Morgan fingerprint density at radius 1 is 0.811 bits per heavy atom. The van der Waals surface area contributed by atoms with E-state index in [1.165, 1.54) is 38.5 Å². The van der Waals surface area contributed by atoms with Crippen LogP contribution in [0.3, 0.4) is 0 Å². The second-order valence-corrected chi connectivity index (χ2v) is 9.65. The standard InChI is InChI=1S/C29H39F5O3/c1-6-7-8-9-10-12-17-22(29(35-4,36-5)37-20(2)3)19-28(34,21-15-13-11-14-16-21)23-18-24(30)26(32)27(33)25(23)31/h11,13-16,18,20,22H,6-10,12,17,19H2,1-5H3. The van der Waals surface area contributed by atoms with Crippen molar-refractivity contribution in [2.45, 2.75) is 89.9 Å². The molecule has 0 saturated carbocycles. The maximum atomic E-state index is 17.2. The highest BCUT2D eigenvalue weighted by atomic mass is 19.2. The van der Waals surface area contributed by atoms with Crippen molar-refractivity contribution in [1.29, 1.82) is 0 Å². The maximum absolute atomic E-state index is 17.2. The maximum Gasteiger partial charge on any atom is 0.285 e. The molecule has 0 bridgehead atoms. The number of rotatable bonds is 16. The van der Waals surface area contributed by atoms with Crippen LogP contribution in [0.1, 0.15) is 83.3 Å². The molecular weight excluding hydrogens is 491 g/mol. The van der Waals surface area contributed by atoms with Crippen molar-refractivity contribution in [2.24, 2.45) is 5.92 Å². The van der Waals surface area contributed by atoms with Crippen LogP contribution >= 0.6 is 0 Å². The number of benzene rings is 2. The summed E-state index contributed by atoms with van der Waals surface area (Å²) in [6.45, 7) is 5.65. The molecule has 3 nitrogen and oxygen atoms in total. The number of methoxy groups -OCH3 is 2. The van der Waals surface area contributed by atoms with Crippen LogP contribution in [0.4, 0.5) is 22.0 Å². The number of halogens is 5. The SMILES string of the molecule is CCCCCCCCC(CC(F)(c1ccccc1)c1cc(F)c(F)c(F)c1F)C(OC)(OC)OC(C)C. The number of ether oxygens (including phenoxy) is 3. The molecule has 0 amide bonds. The third-order valence-electron chi connectivity index (χ3n) is 6.66. The number of unbranched alkanes of at least 4 members (excludes halogenated alkanes) is 5. The van der Waals surface area contributed by atoms with Gasteiger partial charge in [0.2, 0.25) is 0 Å². The van der Waals surface area contributed by atoms with Crippen molar-refractivity contribution in [2.75, 3.05) is 14.2 Å². The molecule has 2 unspecified atom stereocenters. The second kappa shape index (κ2) is 14.2. The first-order chi connectivity index (χ1) is 17.6. The van der Waals surface area contributed by atoms with Crippen molar-refractivity contribution in [1.82, 2.24) is 0 Å². The molecule has 0 fully saturated rings. The molecule has 0 N–H and O–H groups in total. The van der Waals surface area contributed by atoms with E-state index < -0.39 is 52.8 Å². The molecule has 2 aromatic carbocycles. The third-order valence-corrected chi connectivity index (χ3v) is 6.66. The van der Waals surface area contributed by atoms with Gasteiger partial charge in [-0.05, 0) is 31.9 Å². The van der Waals surface area contributed by atoms with Crippen molar-refractivity contribution in [3.8, 4) is 0 Å². The lowest BCUT2D eigenvalue weighted by molar-refractivity contribution is -0.401. The molecule has 0 aliphatic rings. The Balaban J connectivity index is 2.60. The smallest absolute Gasteiger partial charge is 0.285 e. The molecule has 8 heteroatoms. The van der Waals surface area contributed by atoms with Crippen LogP contribution in [0.2, 0.25) is 0 Å². The first-order valence-corrected chi connectivity index (χ1v) is 12.9. The van der Waals surface area contributed by atoms with Crippen LogP contribution in [-0.2, 0) is 19.9 Å². The normalized spacial score (nSPS) is 14.7. The first kappa shape index (κ1) is 31.2. The Bertz CT molecular complexity index is 966.